The van der Waals surface area contributed by atoms with Crippen LogP contribution in [0.3, 0.4) is 0 Å². The second-order valence-electron chi connectivity index (χ2n) is 7.05. The topological polar surface area (TPSA) is 52.7 Å². The smallest absolute Gasteiger partial charge is 0.268 e. The van der Waals surface area contributed by atoms with Crippen LogP contribution in [0.25, 0.3) is 33.8 Å². The predicted octanol–water partition coefficient (Wildman–Crippen LogP) is 5.31. The van der Waals surface area contributed by atoms with Crippen molar-refractivity contribution in [1.82, 2.24) is 19.3 Å². The zero-order valence-corrected chi connectivity index (χ0v) is 17.7. The summed E-state index contributed by atoms with van der Waals surface area (Å²) in [6.45, 7) is 2.02. The standard InChI is InChI=1S/C24H17BrN4O/c1-16-7-13-19(14-8-16)28-22(17-9-11-18(25)12-10-17)27-23-21(24(28)30)15-26-29(23)20-5-3-2-4-6-20/h2-15H,1H3. The number of aromatic nitrogens is 4. The van der Waals surface area contributed by atoms with Crippen molar-refractivity contribution in [2.45, 2.75) is 6.92 Å². The van der Waals surface area contributed by atoms with Crippen molar-refractivity contribution in [3.8, 4) is 22.8 Å². The molecule has 5 rings (SSSR count). The van der Waals surface area contributed by atoms with Gasteiger partial charge in [0.1, 0.15) is 11.2 Å². The summed E-state index contributed by atoms with van der Waals surface area (Å²) in [6, 6.07) is 25.4. The highest BCUT2D eigenvalue weighted by atomic mass is 79.9. The van der Waals surface area contributed by atoms with Crippen molar-refractivity contribution in [2.75, 3.05) is 0 Å². The van der Waals surface area contributed by atoms with Gasteiger partial charge in [-0.1, -0.05) is 64.0 Å². The van der Waals surface area contributed by atoms with Gasteiger partial charge >= 0.3 is 0 Å². The number of hydrogen-bond donors (Lipinski definition) is 0. The van der Waals surface area contributed by atoms with Crippen LogP contribution in [-0.4, -0.2) is 19.3 Å². The quantitative estimate of drug-likeness (QED) is 0.369. The number of para-hydroxylation sites is 1. The largest absolute Gasteiger partial charge is 0.269 e. The van der Waals surface area contributed by atoms with Crippen molar-refractivity contribution in [3.05, 3.63) is 105 Å². The molecule has 5 aromatic rings. The Morgan fingerprint density at radius 2 is 1.53 bits per heavy atom. The van der Waals surface area contributed by atoms with Gasteiger partial charge in [0.2, 0.25) is 0 Å². The summed E-state index contributed by atoms with van der Waals surface area (Å²) in [6.07, 6.45) is 1.59. The van der Waals surface area contributed by atoms with Crippen LogP contribution in [0.5, 0.6) is 0 Å². The van der Waals surface area contributed by atoms with Crippen LogP contribution >= 0.6 is 15.9 Å². The molecule has 0 aliphatic carbocycles. The maximum Gasteiger partial charge on any atom is 0.269 e. The van der Waals surface area contributed by atoms with Gasteiger partial charge in [0.25, 0.3) is 5.56 Å². The fraction of sp³-hybridized carbons (Fsp3) is 0.0417. The van der Waals surface area contributed by atoms with E-state index in [1.54, 1.807) is 15.4 Å². The normalized spacial score (nSPS) is 11.1. The molecular weight excluding hydrogens is 440 g/mol. The number of nitrogens with zero attached hydrogens (tertiary/aromatic N) is 4. The van der Waals surface area contributed by atoms with Crippen LogP contribution in [0, 0.1) is 6.92 Å². The Labute approximate surface area is 181 Å². The van der Waals surface area contributed by atoms with Crippen LogP contribution in [0.1, 0.15) is 5.56 Å². The van der Waals surface area contributed by atoms with Gasteiger partial charge in [-0.15, -0.1) is 0 Å². The molecule has 3 aromatic carbocycles. The second kappa shape index (κ2) is 7.39. The maximum atomic E-state index is 13.6. The molecule has 5 nitrogen and oxygen atoms in total. The molecule has 0 saturated carbocycles. The third-order valence-electron chi connectivity index (χ3n) is 5.00. The van der Waals surface area contributed by atoms with E-state index in [4.69, 9.17) is 4.98 Å². The number of rotatable bonds is 3. The summed E-state index contributed by atoms with van der Waals surface area (Å²) in [4.78, 5) is 18.5. The minimum Gasteiger partial charge on any atom is -0.268 e. The van der Waals surface area contributed by atoms with E-state index in [-0.39, 0.29) is 5.56 Å². The van der Waals surface area contributed by atoms with E-state index in [2.05, 4.69) is 21.0 Å². The summed E-state index contributed by atoms with van der Waals surface area (Å²) < 4.78 is 4.33. The van der Waals surface area contributed by atoms with Gasteiger partial charge in [-0.25, -0.2) is 9.67 Å². The molecule has 30 heavy (non-hydrogen) atoms. The van der Waals surface area contributed by atoms with Gasteiger partial charge in [0.05, 0.1) is 17.6 Å². The summed E-state index contributed by atoms with van der Waals surface area (Å²) in [5.41, 5.74) is 3.98. The van der Waals surface area contributed by atoms with Gasteiger partial charge < -0.3 is 0 Å². The highest BCUT2D eigenvalue weighted by Crippen LogP contribution is 2.25. The van der Waals surface area contributed by atoms with Crippen LogP contribution < -0.4 is 5.56 Å². The molecule has 0 atom stereocenters. The van der Waals surface area contributed by atoms with Gasteiger partial charge in [0.15, 0.2) is 5.65 Å². The number of benzene rings is 3. The fourth-order valence-corrected chi connectivity index (χ4v) is 3.72. The lowest BCUT2D eigenvalue weighted by Gasteiger charge is -2.14. The first-order valence-corrected chi connectivity index (χ1v) is 10.3. The van der Waals surface area contributed by atoms with E-state index in [1.807, 2.05) is 85.8 Å². The third-order valence-corrected chi connectivity index (χ3v) is 5.52. The number of fused-ring (bicyclic) bond motifs is 1. The Bertz CT molecular complexity index is 1400. The molecule has 0 bridgehead atoms. The summed E-state index contributed by atoms with van der Waals surface area (Å²) >= 11 is 3.48. The Hall–Kier alpha value is -3.51. The zero-order chi connectivity index (χ0) is 20.7. The molecule has 6 heteroatoms. The maximum absolute atomic E-state index is 13.6. The lowest BCUT2D eigenvalue weighted by Crippen LogP contribution is -2.22. The SMILES string of the molecule is Cc1ccc(-n2c(-c3ccc(Br)cc3)nc3c(cnn3-c3ccccc3)c2=O)cc1. The molecule has 2 heterocycles. The zero-order valence-electron chi connectivity index (χ0n) is 16.2. The van der Waals surface area contributed by atoms with Crippen molar-refractivity contribution in [3.63, 3.8) is 0 Å². The number of hydrogen-bond acceptors (Lipinski definition) is 3. The minimum atomic E-state index is -0.149. The molecule has 146 valence electrons. The van der Waals surface area contributed by atoms with Gasteiger partial charge in [0, 0.05) is 10.0 Å². The van der Waals surface area contributed by atoms with Crippen molar-refractivity contribution < 1.29 is 0 Å². The minimum absolute atomic E-state index is 0.149. The predicted molar refractivity (Wildman–Crippen MR) is 122 cm³/mol. The lowest BCUT2D eigenvalue weighted by atomic mass is 10.1. The Kier molecular flexibility index (Phi) is 4.56. The number of halogens is 1. The highest BCUT2D eigenvalue weighted by Gasteiger charge is 2.18. The first kappa shape index (κ1) is 18.5. The van der Waals surface area contributed by atoms with Crippen molar-refractivity contribution in [2.24, 2.45) is 0 Å². The lowest BCUT2D eigenvalue weighted by molar-refractivity contribution is 0.888. The van der Waals surface area contributed by atoms with E-state index in [9.17, 15) is 4.79 Å². The first-order chi connectivity index (χ1) is 14.6. The molecule has 0 amide bonds. The van der Waals surface area contributed by atoms with Crippen molar-refractivity contribution >= 4 is 27.0 Å². The van der Waals surface area contributed by atoms with Crippen molar-refractivity contribution in [1.29, 1.82) is 0 Å². The van der Waals surface area contributed by atoms with Gasteiger partial charge in [-0.3, -0.25) is 9.36 Å². The Morgan fingerprint density at radius 1 is 0.833 bits per heavy atom. The van der Waals surface area contributed by atoms with Crippen LogP contribution in [-0.2, 0) is 0 Å². The van der Waals surface area contributed by atoms with E-state index >= 15 is 0 Å². The van der Waals surface area contributed by atoms with Crippen LogP contribution in [0.15, 0.2) is 94.3 Å². The van der Waals surface area contributed by atoms with E-state index in [1.165, 1.54) is 0 Å². The summed E-state index contributed by atoms with van der Waals surface area (Å²) in [5, 5.41) is 4.93. The van der Waals surface area contributed by atoms with Crippen LogP contribution in [0.2, 0.25) is 0 Å². The Morgan fingerprint density at radius 3 is 2.23 bits per heavy atom. The first-order valence-electron chi connectivity index (χ1n) is 9.51. The third kappa shape index (κ3) is 3.15. The molecule has 0 aliphatic rings. The molecule has 0 saturated heterocycles. The van der Waals surface area contributed by atoms with E-state index in [0.717, 1.165) is 27.0 Å². The van der Waals surface area contributed by atoms with Crippen LogP contribution in [0.4, 0.5) is 0 Å². The van der Waals surface area contributed by atoms with E-state index < -0.39 is 0 Å². The average Bonchev–Trinajstić information content (AvgIpc) is 3.20. The second-order valence-corrected chi connectivity index (χ2v) is 7.96. The average molecular weight is 457 g/mol. The summed E-state index contributed by atoms with van der Waals surface area (Å²) in [5.74, 6) is 0.571. The molecular formula is C24H17BrN4O. The molecule has 2 aromatic heterocycles. The number of aryl methyl sites for hydroxylation is 1. The monoisotopic (exact) mass is 456 g/mol. The van der Waals surface area contributed by atoms with Gasteiger partial charge in [-0.05, 0) is 43.3 Å². The molecule has 0 radical (unpaired) electrons. The Balaban J connectivity index is 1.85. The fourth-order valence-electron chi connectivity index (χ4n) is 3.45. The summed E-state index contributed by atoms with van der Waals surface area (Å²) in [7, 11) is 0. The highest BCUT2D eigenvalue weighted by molar-refractivity contribution is 9.10. The van der Waals surface area contributed by atoms with Gasteiger partial charge in [-0.2, -0.15) is 5.10 Å². The van der Waals surface area contributed by atoms with E-state index in [0.29, 0.717) is 16.9 Å². The molecule has 0 unspecified atom stereocenters. The molecule has 0 fully saturated rings. The molecule has 0 spiro atoms. The molecule has 0 aliphatic heterocycles. The molecule has 0 N–H and O–H groups in total.